The third-order valence-electron chi connectivity index (χ3n) is 7.14. The normalized spacial score (nSPS) is 17.2. The van der Waals surface area contributed by atoms with Gasteiger partial charge in [-0.05, 0) is 59.1 Å². The first-order chi connectivity index (χ1) is 20.0. The summed E-state index contributed by atoms with van der Waals surface area (Å²) in [6, 6.07) is 7.21. The van der Waals surface area contributed by atoms with Crippen LogP contribution in [-0.2, 0) is 24.9 Å². The molecule has 2 atom stereocenters. The van der Waals surface area contributed by atoms with Crippen LogP contribution in [0.25, 0.3) is 0 Å². The number of hydrogen-bond acceptors (Lipinski definition) is 8. The SMILES string of the molecule is CC(=O)Nc1cc(C(C)(C)C)cc(C=N[C@H]2CCCC[C@H]2N=Cc2cc(C(C)(C)C)cc(NC(C)=O)c2O)c1O.[O]=[U]=[O]. The fourth-order valence-corrected chi connectivity index (χ4v) is 4.74. The molecule has 2 aromatic rings. The number of aromatic hydroxyl groups is 2. The molecule has 10 nitrogen and oxygen atoms in total. The molecule has 2 aromatic carbocycles. The van der Waals surface area contributed by atoms with Gasteiger partial charge in [0.25, 0.3) is 0 Å². The van der Waals surface area contributed by atoms with Crippen LogP contribution < -0.4 is 10.6 Å². The van der Waals surface area contributed by atoms with Crippen molar-refractivity contribution < 1.29 is 52.1 Å². The summed E-state index contributed by atoms with van der Waals surface area (Å²) >= 11 is -2.51. The van der Waals surface area contributed by atoms with Crippen molar-refractivity contribution in [3.63, 3.8) is 0 Å². The van der Waals surface area contributed by atoms with Gasteiger partial charge in [-0.25, -0.2) is 0 Å². The molecule has 4 N–H and O–H groups in total. The quantitative estimate of drug-likeness (QED) is 0.200. The van der Waals surface area contributed by atoms with Crippen molar-refractivity contribution in [1.29, 1.82) is 0 Å². The van der Waals surface area contributed by atoms with Gasteiger partial charge in [0, 0.05) is 37.4 Å². The molecular weight excluding hydrogens is 774 g/mol. The Labute approximate surface area is 269 Å². The standard InChI is InChI=1S/C32H44N4O4.2O.U/c1-19(37)35-27-15-23(31(3,4)5)13-21(29(27)39)17-33-25-11-9-10-12-26(25)34-18-22-14-24(32(6,7)8)16-28(30(22)40)36-20(2)38;;;/h13-18,25-26,39-40H,9-12H2,1-8H3,(H,35,37)(H,36,38);;;/t25-,26+;;;. The molecule has 0 spiro atoms. The van der Waals surface area contributed by atoms with E-state index in [1.807, 2.05) is 12.1 Å². The van der Waals surface area contributed by atoms with Crippen molar-refractivity contribution in [3.05, 3.63) is 46.5 Å². The Hall–Kier alpha value is -3.03. The van der Waals surface area contributed by atoms with Gasteiger partial charge in [0.15, 0.2) is 0 Å². The van der Waals surface area contributed by atoms with E-state index in [-0.39, 0.29) is 46.2 Å². The molecule has 43 heavy (non-hydrogen) atoms. The summed E-state index contributed by atoms with van der Waals surface area (Å²) in [5.41, 5.74) is 3.37. The number of anilines is 2. The maximum absolute atomic E-state index is 11.7. The van der Waals surface area contributed by atoms with Crippen LogP contribution in [0.3, 0.4) is 0 Å². The first kappa shape index (κ1) is 36.2. The van der Waals surface area contributed by atoms with E-state index < -0.39 is 27.8 Å². The van der Waals surface area contributed by atoms with Crippen molar-refractivity contribution in [3.8, 4) is 11.5 Å². The van der Waals surface area contributed by atoms with Crippen LogP contribution in [0.15, 0.2) is 34.3 Å². The van der Waals surface area contributed by atoms with Crippen LogP contribution in [0.4, 0.5) is 11.4 Å². The van der Waals surface area contributed by atoms with Crippen molar-refractivity contribution in [2.24, 2.45) is 9.98 Å². The average Bonchev–Trinajstić information content (AvgIpc) is 2.88. The van der Waals surface area contributed by atoms with Gasteiger partial charge in [-0.2, -0.15) is 0 Å². The minimum absolute atomic E-state index is 0.0165. The summed E-state index contributed by atoms with van der Waals surface area (Å²) in [6.07, 6.45) is 7.11. The van der Waals surface area contributed by atoms with E-state index in [0.717, 1.165) is 36.8 Å². The summed E-state index contributed by atoms with van der Waals surface area (Å²) in [6.45, 7) is 15.3. The number of rotatable bonds is 6. The zero-order chi connectivity index (χ0) is 32.5. The van der Waals surface area contributed by atoms with E-state index >= 15 is 0 Å². The summed E-state index contributed by atoms with van der Waals surface area (Å²) < 4.78 is 17.2. The second-order valence-electron chi connectivity index (χ2n) is 12.8. The summed E-state index contributed by atoms with van der Waals surface area (Å²) in [7, 11) is 0. The van der Waals surface area contributed by atoms with Crippen LogP contribution in [0, 0.1) is 27.8 Å². The fourth-order valence-electron chi connectivity index (χ4n) is 4.74. The molecule has 0 heterocycles. The van der Waals surface area contributed by atoms with E-state index in [0.29, 0.717) is 22.5 Å². The predicted octanol–water partition coefficient (Wildman–Crippen LogP) is 6.22. The molecule has 0 radical (unpaired) electrons. The Balaban J connectivity index is 0.00000206. The number of amides is 2. The molecule has 0 aliphatic heterocycles. The van der Waals surface area contributed by atoms with Crippen LogP contribution in [-0.4, -0.2) is 46.5 Å². The van der Waals surface area contributed by atoms with E-state index in [1.165, 1.54) is 13.8 Å². The second kappa shape index (κ2) is 15.6. The summed E-state index contributed by atoms with van der Waals surface area (Å²) in [5, 5.41) is 27.2. The van der Waals surface area contributed by atoms with Gasteiger partial charge >= 0.3 is 32.3 Å². The Morgan fingerprint density at radius 2 is 1.07 bits per heavy atom. The van der Waals surface area contributed by atoms with Gasteiger partial charge in [-0.15, -0.1) is 0 Å². The Bertz CT molecular complexity index is 1310. The van der Waals surface area contributed by atoms with Crippen LogP contribution in [0.5, 0.6) is 11.5 Å². The number of benzene rings is 2. The number of nitrogens with one attached hydrogen (secondary N) is 2. The fraction of sp³-hybridized carbons (Fsp3) is 0.500. The van der Waals surface area contributed by atoms with E-state index in [9.17, 15) is 19.8 Å². The van der Waals surface area contributed by atoms with E-state index in [2.05, 4.69) is 52.2 Å². The van der Waals surface area contributed by atoms with Crippen molar-refractivity contribution in [2.75, 3.05) is 10.6 Å². The topological polar surface area (TPSA) is 158 Å². The summed E-state index contributed by atoms with van der Waals surface area (Å²) in [4.78, 5) is 33.2. The molecule has 1 fully saturated rings. The molecule has 11 heteroatoms. The monoisotopic (exact) mass is 818 g/mol. The van der Waals surface area contributed by atoms with Crippen LogP contribution in [0.1, 0.15) is 103 Å². The third-order valence-corrected chi connectivity index (χ3v) is 7.14. The van der Waals surface area contributed by atoms with Crippen molar-refractivity contribution >= 4 is 35.6 Å². The zero-order valence-corrected chi connectivity index (χ0v) is 30.5. The molecule has 2 amide bonds. The van der Waals surface area contributed by atoms with Crippen LogP contribution >= 0.6 is 0 Å². The minimum atomic E-state index is -2.51. The van der Waals surface area contributed by atoms with Gasteiger partial charge in [0.1, 0.15) is 11.5 Å². The molecule has 0 saturated heterocycles. The van der Waals surface area contributed by atoms with E-state index in [4.69, 9.17) is 14.5 Å². The van der Waals surface area contributed by atoms with Crippen LogP contribution in [0.2, 0.25) is 0 Å². The van der Waals surface area contributed by atoms with Gasteiger partial charge < -0.3 is 20.8 Å². The molecule has 232 valence electrons. The van der Waals surface area contributed by atoms with Gasteiger partial charge in [-0.3, -0.25) is 19.6 Å². The molecule has 0 bridgehead atoms. The second-order valence-corrected chi connectivity index (χ2v) is 13.5. The van der Waals surface area contributed by atoms with Gasteiger partial charge in [-0.1, -0.05) is 54.4 Å². The number of nitrogens with zero attached hydrogens (tertiary/aromatic N) is 2. The molecule has 1 saturated carbocycles. The Morgan fingerprint density at radius 3 is 1.35 bits per heavy atom. The first-order valence-electron chi connectivity index (χ1n) is 14.3. The van der Waals surface area contributed by atoms with Crippen molar-refractivity contribution in [2.45, 2.75) is 104 Å². The Morgan fingerprint density at radius 1 is 0.744 bits per heavy atom. The maximum atomic E-state index is 11.7. The number of carbonyl (C=O) groups is 2. The zero-order valence-electron chi connectivity index (χ0n) is 26.4. The average molecular weight is 819 g/mol. The Kier molecular flexibility index (Phi) is 13.1. The number of carbonyl (C=O) groups excluding carboxylic acids is 2. The molecule has 0 aromatic heterocycles. The number of phenolic OH excluding ortho intramolecular Hbond substituents is 2. The predicted molar refractivity (Wildman–Crippen MR) is 165 cm³/mol. The number of hydrogen-bond donors (Lipinski definition) is 4. The number of aliphatic imine (C=N–C) groups is 2. The molecule has 1 aliphatic rings. The van der Waals surface area contributed by atoms with Gasteiger partial charge in [0.05, 0.1) is 23.5 Å². The third kappa shape index (κ3) is 10.9. The molecule has 0 unspecified atom stereocenters. The van der Waals surface area contributed by atoms with Crippen molar-refractivity contribution in [1.82, 2.24) is 0 Å². The van der Waals surface area contributed by atoms with E-state index in [1.54, 1.807) is 24.6 Å². The first-order valence-corrected chi connectivity index (χ1v) is 17.7. The molecular formula is C32H44N4O6U. The molecule has 1 aliphatic carbocycles. The summed E-state index contributed by atoms with van der Waals surface area (Å²) in [5.74, 6) is -0.549. The van der Waals surface area contributed by atoms with Gasteiger partial charge in [0.2, 0.25) is 11.8 Å². The number of phenols is 2. The molecule has 3 rings (SSSR count).